The molecule has 0 saturated carbocycles. The highest BCUT2D eigenvalue weighted by molar-refractivity contribution is 9.10. The molecule has 0 spiro atoms. The summed E-state index contributed by atoms with van der Waals surface area (Å²) in [6.07, 6.45) is 1.45. The molecule has 2 heterocycles. The van der Waals surface area contributed by atoms with Gasteiger partial charge in [0.05, 0.1) is 13.2 Å². The molecule has 0 aliphatic carbocycles. The molecule has 0 N–H and O–H groups in total. The third-order valence-electron chi connectivity index (χ3n) is 1.60. The second-order valence-electron chi connectivity index (χ2n) is 2.56. The Hall–Kier alpha value is -0.390. The van der Waals surface area contributed by atoms with E-state index in [1.807, 2.05) is 0 Å². The summed E-state index contributed by atoms with van der Waals surface area (Å²) in [7, 11) is 0. The van der Waals surface area contributed by atoms with Gasteiger partial charge < -0.3 is 9.47 Å². The van der Waals surface area contributed by atoms with E-state index in [9.17, 15) is 0 Å². The highest BCUT2D eigenvalue weighted by Gasteiger charge is 2.22. The van der Waals surface area contributed by atoms with Crippen molar-refractivity contribution in [2.24, 2.45) is 0 Å². The summed E-state index contributed by atoms with van der Waals surface area (Å²) < 4.78 is 11.0. The van der Waals surface area contributed by atoms with E-state index in [2.05, 4.69) is 25.9 Å². The minimum absolute atomic E-state index is 0.0854. The van der Waals surface area contributed by atoms with Crippen molar-refractivity contribution in [2.45, 2.75) is 6.10 Å². The summed E-state index contributed by atoms with van der Waals surface area (Å²) in [5.41, 5.74) is 0. The molecule has 1 aromatic rings. The summed E-state index contributed by atoms with van der Waals surface area (Å²) in [5, 5.41) is 0.352. The van der Waals surface area contributed by atoms with Gasteiger partial charge in [0.1, 0.15) is 16.9 Å². The smallest absolute Gasteiger partial charge is 0.233 e. The molecular formula is C7H6BrClN2O2. The summed E-state index contributed by atoms with van der Waals surface area (Å²) >= 11 is 8.99. The molecule has 0 aromatic carbocycles. The molecule has 0 radical (unpaired) electrons. The summed E-state index contributed by atoms with van der Waals surface area (Å²) in [6, 6.07) is 0. The molecule has 0 amide bonds. The lowest BCUT2D eigenvalue weighted by molar-refractivity contribution is -0.0816. The average Bonchev–Trinajstić information content (AvgIpc) is 2.04. The molecule has 70 valence electrons. The standard InChI is InChI=1S/C7H6BrClN2O2/c8-5-6(9)10-3-11-7(5)13-4-1-12-2-4/h3-4H,1-2H2. The lowest BCUT2D eigenvalue weighted by Crippen LogP contribution is -2.38. The van der Waals surface area contributed by atoms with Crippen LogP contribution in [0, 0.1) is 0 Å². The van der Waals surface area contributed by atoms with Gasteiger partial charge in [0, 0.05) is 0 Å². The Morgan fingerprint density at radius 1 is 1.54 bits per heavy atom. The van der Waals surface area contributed by atoms with Crippen LogP contribution in [0.15, 0.2) is 10.8 Å². The molecule has 6 heteroatoms. The van der Waals surface area contributed by atoms with Crippen molar-refractivity contribution in [1.29, 1.82) is 0 Å². The summed E-state index contributed by atoms with van der Waals surface area (Å²) in [4.78, 5) is 7.73. The van der Waals surface area contributed by atoms with Gasteiger partial charge >= 0.3 is 0 Å². The van der Waals surface area contributed by atoms with Crippen LogP contribution < -0.4 is 4.74 Å². The van der Waals surface area contributed by atoms with E-state index in [0.29, 0.717) is 28.7 Å². The zero-order chi connectivity index (χ0) is 9.26. The molecule has 4 nitrogen and oxygen atoms in total. The lowest BCUT2D eigenvalue weighted by atomic mass is 10.3. The van der Waals surface area contributed by atoms with E-state index in [0.717, 1.165) is 0 Å². The van der Waals surface area contributed by atoms with Crippen molar-refractivity contribution in [3.8, 4) is 5.88 Å². The fourth-order valence-electron chi connectivity index (χ4n) is 0.856. The highest BCUT2D eigenvalue weighted by Crippen LogP contribution is 2.29. The van der Waals surface area contributed by atoms with Gasteiger partial charge in [-0.1, -0.05) is 11.6 Å². The first-order valence-electron chi connectivity index (χ1n) is 3.68. The Morgan fingerprint density at radius 2 is 2.31 bits per heavy atom. The van der Waals surface area contributed by atoms with Crippen molar-refractivity contribution in [3.05, 3.63) is 16.0 Å². The van der Waals surface area contributed by atoms with Crippen LogP contribution in [0.25, 0.3) is 0 Å². The fraction of sp³-hybridized carbons (Fsp3) is 0.429. The predicted octanol–water partition coefficient (Wildman–Crippen LogP) is 1.67. The van der Waals surface area contributed by atoms with Crippen LogP contribution >= 0.6 is 27.5 Å². The van der Waals surface area contributed by atoms with Crippen LogP contribution in [0.5, 0.6) is 5.88 Å². The zero-order valence-corrected chi connectivity index (χ0v) is 8.88. The number of hydrogen-bond acceptors (Lipinski definition) is 4. The molecule has 0 atom stereocenters. The molecule has 1 aliphatic rings. The van der Waals surface area contributed by atoms with Crippen molar-refractivity contribution < 1.29 is 9.47 Å². The van der Waals surface area contributed by atoms with E-state index < -0.39 is 0 Å². The molecule has 1 saturated heterocycles. The van der Waals surface area contributed by atoms with Crippen LogP contribution in [0.2, 0.25) is 5.15 Å². The van der Waals surface area contributed by atoms with Crippen LogP contribution in [0.1, 0.15) is 0 Å². The van der Waals surface area contributed by atoms with Gasteiger partial charge in [0.2, 0.25) is 5.88 Å². The largest absolute Gasteiger partial charge is 0.469 e. The van der Waals surface area contributed by atoms with Gasteiger partial charge in [-0.3, -0.25) is 0 Å². The maximum Gasteiger partial charge on any atom is 0.233 e. The number of nitrogens with zero attached hydrogens (tertiary/aromatic N) is 2. The Labute approximate surface area is 88.4 Å². The molecule has 1 fully saturated rings. The maximum atomic E-state index is 5.75. The topological polar surface area (TPSA) is 44.2 Å². The van der Waals surface area contributed by atoms with Crippen molar-refractivity contribution in [2.75, 3.05) is 13.2 Å². The van der Waals surface area contributed by atoms with Gasteiger partial charge in [0.15, 0.2) is 5.15 Å². The van der Waals surface area contributed by atoms with Gasteiger partial charge in [-0.2, -0.15) is 0 Å². The van der Waals surface area contributed by atoms with E-state index in [1.54, 1.807) is 0 Å². The second kappa shape index (κ2) is 3.77. The summed E-state index contributed by atoms with van der Waals surface area (Å²) in [6.45, 7) is 1.21. The number of ether oxygens (including phenoxy) is 2. The Bertz CT molecular complexity index is 319. The SMILES string of the molecule is Clc1ncnc(OC2COC2)c1Br. The van der Waals surface area contributed by atoms with Crippen LogP contribution in [-0.2, 0) is 4.74 Å². The average molecular weight is 265 g/mol. The number of rotatable bonds is 2. The number of hydrogen-bond donors (Lipinski definition) is 0. The third-order valence-corrected chi connectivity index (χ3v) is 2.83. The Kier molecular flexibility index (Phi) is 2.66. The molecule has 13 heavy (non-hydrogen) atoms. The first kappa shape index (κ1) is 9.18. The maximum absolute atomic E-state index is 5.75. The quantitative estimate of drug-likeness (QED) is 0.763. The Morgan fingerprint density at radius 3 is 2.92 bits per heavy atom. The van der Waals surface area contributed by atoms with Gasteiger partial charge in [-0.25, -0.2) is 9.97 Å². The Balaban J connectivity index is 2.14. The van der Waals surface area contributed by atoms with Gasteiger partial charge in [-0.15, -0.1) is 0 Å². The molecule has 1 aliphatic heterocycles. The van der Waals surface area contributed by atoms with Gasteiger partial charge in [-0.05, 0) is 15.9 Å². The monoisotopic (exact) mass is 264 g/mol. The van der Waals surface area contributed by atoms with Crippen LogP contribution in [-0.4, -0.2) is 29.3 Å². The number of halogens is 2. The van der Waals surface area contributed by atoms with Crippen molar-refractivity contribution >= 4 is 27.5 Å². The highest BCUT2D eigenvalue weighted by atomic mass is 79.9. The fourth-order valence-corrected chi connectivity index (χ4v) is 1.28. The third kappa shape index (κ3) is 1.92. The van der Waals surface area contributed by atoms with E-state index in [-0.39, 0.29) is 6.10 Å². The molecule has 0 bridgehead atoms. The first-order valence-corrected chi connectivity index (χ1v) is 4.85. The van der Waals surface area contributed by atoms with E-state index in [1.165, 1.54) is 6.33 Å². The normalized spacial score (nSPS) is 16.8. The molecule has 2 rings (SSSR count). The molecular weight excluding hydrogens is 259 g/mol. The van der Waals surface area contributed by atoms with Crippen molar-refractivity contribution in [3.63, 3.8) is 0 Å². The van der Waals surface area contributed by atoms with Crippen LogP contribution in [0.3, 0.4) is 0 Å². The first-order chi connectivity index (χ1) is 6.27. The summed E-state index contributed by atoms with van der Waals surface area (Å²) in [5.74, 6) is 0.466. The minimum atomic E-state index is 0.0854. The number of aromatic nitrogens is 2. The van der Waals surface area contributed by atoms with E-state index >= 15 is 0 Å². The van der Waals surface area contributed by atoms with Gasteiger partial charge in [0.25, 0.3) is 0 Å². The molecule has 0 unspecified atom stereocenters. The zero-order valence-electron chi connectivity index (χ0n) is 6.54. The van der Waals surface area contributed by atoms with Crippen molar-refractivity contribution in [1.82, 2.24) is 9.97 Å². The lowest BCUT2D eigenvalue weighted by Gasteiger charge is -2.26. The molecule has 1 aromatic heterocycles. The van der Waals surface area contributed by atoms with Crippen LogP contribution in [0.4, 0.5) is 0 Å². The minimum Gasteiger partial charge on any atom is -0.469 e. The second-order valence-corrected chi connectivity index (χ2v) is 3.71. The predicted molar refractivity (Wildman–Crippen MR) is 50.0 cm³/mol. The van der Waals surface area contributed by atoms with E-state index in [4.69, 9.17) is 21.1 Å².